The molecular weight excluding hydrogens is 486 g/mol. The monoisotopic (exact) mass is 531 g/mol. The molecule has 0 spiro atoms. The van der Waals surface area contributed by atoms with E-state index in [-0.39, 0.29) is 34.3 Å². The second kappa shape index (κ2) is 11.1. The van der Waals surface area contributed by atoms with E-state index >= 15 is 0 Å². The van der Waals surface area contributed by atoms with Crippen LogP contribution in [0.4, 0.5) is 0 Å². The Bertz CT molecular complexity index is 1100. The third kappa shape index (κ3) is 7.93. The maximum absolute atomic E-state index is 6.18. The van der Waals surface area contributed by atoms with Gasteiger partial charge < -0.3 is 14.2 Å². The van der Waals surface area contributed by atoms with Crippen molar-refractivity contribution >= 4 is 0 Å². The molecule has 4 rings (SSSR count). The fourth-order valence-electron chi connectivity index (χ4n) is 4.78. The zero-order chi connectivity index (χ0) is 28.4. The molecule has 210 valence electrons. The Morgan fingerprint density at radius 3 is 0.949 bits per heavy atom. The Hall–Kier alpha value is -3.15. The van der Waals surface area contributed by atoms with Crippen molar-refractivity contribution in [3.05, 3.63) is 70.5 Å². The van der Waals surface area contributed by atoms with E-state index < -0.39 is 0 Å². The van der Waals surface area contributed by atoms with Crippen molar-refractivity contribution in [2.24, 2.45) is 16.2 Å². The lowest BCUT2D eigenvalue weighted by molar-refractivity contribution is 0.325. The summed E-state index contributed by atoms with van der Waals surface area (Å²) in [6.07, 6.45) is 18.3. The molecule has 0 N–H and O–H groups in total. The van der Waals surface area contributed by atoms with Crippen LogP contribution in [-0.2, 0) is 0 Å². The van der Waals surface area contributed by atoms with Gasteiger partial charge >= 0.3 is 18.0 Å². The second-order valence-electron chi connectivity index (χ2n) is 13.7. The van der Waals surface area contributed by atoms with Gasteiger partial charge in [-0.15, -0.1) is 15.0 Å². The van der Waals surface area contributed by atoms with E-state index in [1.54, 1.807) is 0 Å². The lowest BCUT2D eigenvalue weighted by atomic mass is 9.82. The maximum Gasteiger partial charge on any atom is 0.331 e. The summed E-state index contributed by atoms with van der Waals surface area (Å²) in [5, 5.41) is 0. The van der Waals surface area contributed by atoms with Gasteiger partial charge in [-0.3, -0.25) is 0 Å². The molecule has 1 heterocycles. The zero-order valence-electron chi connectivity index (χ0n) is 25.3. The zero-order valence-corrected chi connectivity index (χ0v) is 25.3. The summed E-state index contributed by atoms with van der Waals surface area (Å²) in [5.41, 5.74) is 4.21. The molecule has 1 aromatic rings. The number of allylic oxidation sites excluding steroid dienone is 9. The Balaban J connectivity index is 1.64. The van der Waals surface area contributed by atoms with Crippen molar-refractivity contribution in [1.82, 2.24) is 15.0 Å². The summed E-state index contributed by atoms with van der Waals surface area (Å²) in [6.45, 7) is 20.0. The van der Waals surface area contributed by atoms with Gasteiger partial charge in [-0.05, 0) is 91.2 Å². The number of aromatic nitrogens is 3. The van der Waals surface area contributed by atoms with Crippen molar-refractivity contribution in [1.29, 1.82) is 0 Å². The van der Waals surface area contributed by atoms with E-state index in [1.165, 1.54) is 16.7 Å². The average molecular weight is 532 g/mol. The largest absolute Gasteiger partial charge is 0.424 e. The summed E-state index contributed by atoms with van der Waals surface area (Å²) in [7, 11) is 0. The molecule has 0 bridgehead atoms. The Kier molecular flexibility index (Phi) is 8.25. The second-order valence-corrected chi connectivity index (χ2v) is 13.7. The summed E-state index contributed by atoms with van der Waals surface area (Å²) in [4.78, 5) is 13.6. The normalized spacial score (nSPS) is 18.7. The molecule has 39 heavy (non-hydrogen) atoms. The molecule has 6 nitrogen and oxygen atoms in total. The number of ether oxygens (including phenoxy) is 3. The number of hydrogen-bond donors (Lipinski definition) is 0. The van der Waals surface area contributed by atoms with Crippen LogP contribution in [0.2, 0.25) is 0 Å². The third-order valence-corrected chi connectivity index (χ3v) is 7.32. The molecule has 0 amide bonds. The topological polar surface area (TPSA) is 66.4 Å². The minimum absolute atomic E-state index is 0.0691. The Labute approximate surface area is 234 Å². The lowest BCUT2D eigenvalue weighted by Crippen LogP contribution is -2.15. The van der Waals surface area contributed by atoms with Crippen LogP contribution < -0.4 is 14.2 Å². The van der Waals surface area contributed by atoms with Gasteiger partial charge in [-0.2, -0.15) is 0 Å². The molecule has 6 heteroatoms. The van der Waals surface area contributed by atoms with Crippen LogP contribution in [0.25, 0.3) is 0 Å². The van der Waals surface area contributed by atoms with Crippen molar-refractivity contribution in [2.75, 3.05) is 0 Å². The minimum atomic E-state index is 0.0691. The first kappa shape index (κ1) is 28.8. The third-order valence-electron chi connectivity index (χ3n) is 7.32. The number of hydrogen-bond acceptors (Lipinski definition) is 6. The standard InChI is InChI=1S/C33H45N3O3/c1-31(2,3)22-13-10-16-25(19-22)37-28-34-29(38-26-17-11-14-23(20-26)32(4,5)6)36-30(35-28)39-27-18-12-15-24(21-27)33(7,8)9/h16-21H,10-15H2,1-9H3. The van der Waals surface area contributed by atoms with Gasteiger partial charge in [0.05, 0.1) is 0 Å². The molecular formula is C33H45N3O3. The predicted octanol–water partition coefficient (Wildman–Crippen LogP) is 8.96. The van der Waals surface area contributed by atoms with Crippen LogP contribution in [0.1, 0.15) is 101 Å². The van der Waals surface area contributed by atoms with E-state index in [1.807, 2.05) is 0 Å². The summed E-state index contributed by atoms with van der Waals surface area (Å²) in [5.74, 6) is 2.19. The molecule has 0 unspecified atom stereocenters. The quantitative estimate of drug-likeness (QED) is 0.365. The minimum Gasteiger partial charge on any atom is -0.424 e. The van der Waals surface area contributed by atoms with Gasteiger partial charge in [-0.1, -0.05) is 79.0 Å². The van der Waals surface area contributed by atoms with Crippen molar-refractivity contribution in [3.8, 4) is 18.0 Å². The van der Waals surface area contributed by atoms with Crippen LogP contribution in [0.15, 0.2) is 70.5 Å². The molecule has 0 aromatic carbocycles. The smallest absolute Gasteiger partial charge is 0.331 e. The summed E-state index contributed by atoms with van der Waals surface area (Å²) in [6, 6.07) is 0.460. The molecule has 0 radical (unpaired) electrons. The number of rotatable bonds is 6. The molecule has 0 aliphatic heterocycles. The first-order valence-electron chi connectivity index (χ1n) is 14.2. The van der Waals surface area contributed by atoms with Crippen LogP contribution in [0.3, 0.4) is 0 Å². The molecule has 0 fully saturated rings. The van der Waals surface area contributed by atoms with Gasteiger partial charge in [0, 0.05) is 0 Å². The first-order chi connectivity index (χ1) is 18.2. The fraction of sp³-hybridized carbons (Fsp3) is 0.545. The first-order valence-corrected chi connectivity index (χ1v) is 14.2. The Morgan fingerprint density at radius 1 is 0.462 bits per heavy atom. The molecule has 1 aromatic heterocycles. The van der Waals surface area contributed by atoms with Crippen LogP contribution in [0, 0.1) is 16.2 Å². The van der Waals surface area contributed by atoms with E-state index in [4.69, 9.17) is 14.2 Å². The van der Waals surface area contributed by atoms with E-state index in [0.29, 0.717) is 0 Å². The Morgan fingerprint density at radius 2 is 0.718 bits per heavy atom. The molecule has 3 aliphatic carbocycles. The van der Waals surface area contributed by atoms with Crippen LogP contribution >= 0.6 is 0 Å². The summed E-state index contributed by atoms with van der Waals surface area (Å²) < 4.78 is 18.6. The highest BCUT2D eigenvalue weighted by atomic mass is 16.5. The van der Waals surface area contributed by atoms with E-state index in [9.17, 15) is 0 Å². The van der Waals surface area contributed by atoms with E-state index in [2.05, 4.69) is 114 Å². The molecule has 0 saturated heterocycles. The summed E-state index contributed by atoms with van der Waals surface area (Å²) >= 11 is 0. The molecule has 0 saturated carbocycles. The van der Waals surface area contributed by atoms with Gasteiger partial charge in [0.15, 0.2) is 0 Å². The predicted molar refractivity (Wildman–Crippen MR) is 156 cm³/mol. The maximum atomic E-state index is 6.18. The lowest BCUT2D eigenvalue weighted by Gasteiger charge is -2.26. The van der Waals surface area contributed by atoms with Gasteiger partial charge in [-0.25, -0.2) is 0 Å². The van der Waals surface area contributed by atoms with Crippen LogP contribution in [0.5, 0.6) is 18.0 Å². The van der Waals surface area contributed by atoms with Crippen molar-refractivity contribution < 1.29 is 14.2 Å². The molecule has 3 aliphatic rings. The highest BCUT2D eigenvalue weighted by Crippen LogP contribution is 2.36. The number of nitrogens with zero attached hydrogens (tertiary/aromatic N) is 3. The van der Waals surface area contributed by atoms with Gasteiger partial charge in [0.1, 0.15) is 17.3 Å². The SMILES string of the molecule is CC(C)(C)C1=CC(Oc2nc(OC3=CCCC(C(C)(C)C)=C3)nc(OC3=CCCC(C(C)(C)C)=C3)n2)=CCC1. The highest BCUT2D eigenvalue weighted by molar-refractivity contribution is 5.32. The van der Waals surface area contributed by atoms with Gasteiger partial charge in [0.2, 0.25) is 0 Å². The average Bonchev–Trinajstić information content (AvgIpc) is 2.83. The van der Waals surface area contributed by atoms with Gasteiger partial charge in [0.25, 0.3) is 0 Å². The molecule has 0 atom stereocenters. The van der Waals surface area contributed by atoms with Crippen molar-refractivity contribution in [2.45, 2.75) is 101 Å². The fourth-order valence-corrected chi connectivity index (χ4v) is 4.78. The van der Waals surface area contributed by atoms with E-state index in [0.717, 1.165) is 55.8 Å². The van der Waals surface area contributed by atoms with Crippen molar-refractivity contribution in [3.63, 3.8) is 0 Å². The van der Waals surface area contributed by atoms with Crippen LogP contribution in [-0.4, -0.2) is 15.0 Å². The highest BCUT2D eigenvalue weighted by Gasteiger charge is 2.24.